The molecule has 82 valence electrons. The number of nitrogens with zero attached hydrogens (tertiary/aromatic N) is 1. The normalized spacial score (nSPS) is 10.1. The van der Waals surface area contributed by atoms with Crippen LogP contribution in [0.4, 0.5) is 17.1 Å². The molecule has 0 atom stereocenters. The fraction of sp³-hybridized carbons (Fsp3) is 0. The van der Waals surface area contributed by atoms with Crippen LogP contribution in [0.1, 0.15) is 0 Å². The van der Waals surface area contributed by atoms with Crippen LogP contribution in [0.25, 0.3) is 0 Å². The van der Waals surface area contributed by atoms with Crippen LogP contribution in [-0.2, 0) is 0 Å². The number of hydrogen-bond acceptors (Lipinski definition) is 4. The molecule has 0 unspecified atom stereocenters. The topological polar surface area (TPSA) is 71.2 Å². The van der Waals surface area contributed by atoms with Gasteiger partial charge in [0.2, 0.25) is 0 Å². The van der Waals surface area contributed by atoms with Crippen LogP contribution in [0.5, 0.6) is 5.75 Å². The van der Waals surface area contributed by atoms with Crippen molar-refractivity contribution in [2.75, 3.05) is 11.1 Å². The van der Waals surface area contributed by atoms with E-state index >= 15 is 0 Å². The van der Waals surface area contributed by atoms with Crippen LogP contribution in [0.15, 0.2) is 36.5 Å². The van der Waals surface area contributed by atoms with Gasteiger partial charge in [0.1, 0.15) is 5.75 Å². The highest BCUT2D eigenvalue weighted by molar-refractivity contribution is 6.32. The number of para-hydroxylation sites is 2. The molecule has 4 N–H and O–H groups in total. The summed E-state index contributed by atoms with van der Waals surface area (Å²) in [7, 11) is 0. The summed E-state index contributed by atoms with van der Waals surface area (Å²) >= 11 is 5.78. The first-order chi connectivity index (χ1) is 7.68. The highest BCUT2D eigenvalue weighted by atomic mass is 35.5. The average Bonchev–Trinajstić information content (AvgIpc) is 2.28. The first-order valence-electron chi connectivity index (χ1n) is 4.63. The number of nitrogens with one attached hydrogen (secondary N) is 1. The monoisotopic (exact) mass is 235 g/mol. The van der Waals surface area contributed by atoms with E-state index in [1.807, 2.05) is 0 Å². The molecule has 0 fully saturated rings. The number of benzene rings is 1. The quantitative estimate of drug-likeness (QED) is 0.553. The summed E-state index contributed by atoms with van der Waals surface area (Å²) in [6.45, 7) is 0. The maximum atomic E-state index is 9.58. The minimum absolute atomic E-state index is 0.148. The lowest BCUT2D eigenvalue weighted by Gasteiger charge is -2.10. The molecular formula is C11H10ClN3O. The van der Waals surface area contributed by atoms with Crippen molar-refractivity contribution in [3.8, 4) is 5.75 Å². The largest absolute Gasteiger partial charge is 0.506 e. The molecule has 0 saturated carbocycles. The Bertz CT molecular complexity index is 516. The number of rotatable bonds is 2. The number of nitrogen functional groups attached to an aromatic ring is 1. The third-order valence-electron chi connectivity index (χ3n) is 2.11. The first kappa shape index (κ1) is 10.6. The van der Waals surface area contributed by atoms with E-state index in [0.29, 0.717) is 17.1 Å². The summed E-state index contributed by atoms with van der Waals surface area (Å²) in [5.41, 5.74) is 7.27. The molecule has 0 aliphatic heterocycles. The summed E-state index contributed by atoms with van der Waals surface area (Å²) in [5.74, 6) is 0.148. The zero-order chi connectivity index (χ0) is 11.5. The lowest BCUT2D eigenvalue weighted by molar-refractivity contribution is 0.478. The van der Waals surface area contributed by atoms with Gasteiger partial charge in [-0.2, -0.15) is 0 Å². The first-order valence-corrected chi connectivity index (χ1v) is 5.01. The number of pyridine rings is 1. The molecule has 1 aromatic carbocycles. The second-order valence-electron chi connectivity index (χ2n) is 3.21. The summed E-state index contributed by atoms with van der Waals surface area (Å²) in [6, 6.07) is 8.56. The fourth-order valence-electron chi connectivity index (χ4n) is 1.28. The van der Waals surface area contributed by atoms with E-state index in [4.69, 9.17) is 17.3 Å². The molecule has 0 radical (unpaired) electrons. The van der Waals surface area contributed by atoms with Crippen LogP contribution < -0.4 is 11.1 Å². The Labute approximate surface area is 97.7 Å². The number of nitrogens with two attached hydrogens (primary N) is 1. The summed E-state index contributed by atoms with van der Waals surface area (Å²) in [5, 5.41) is 12.8. The number of halogens is 1. The molecule has 0 aliphatic carbocycles. The Kier molecular flexibility index (Phi) is 2.83. The van der Waals surface area contributed by atoms with Crippen molar-refractivity contribution in [2.24, 2.45) is 0 Å². The molecule has 2 aromatic rings. The Morgan fingerprint density at radius 3 is 2.69 bits per heavy atom. The van der Waals surface area contributed by atoms with E-state index in [9.17, 15) is 5.11 Å². The van der Waals surface area contributed by atoms with Gasteiger partial charge in [0, 0.05) is 6.20 Å². The van der Waals surface area contributed by atoms with Crippen molar-refractivity contribution in [1.29, 1.82) is 0 Å². The van der Waals surface area contributed by atoms with Gasteiger partial charge < -0.3 is 16.2 Å². The third-order valence-corrected chi connectivity index (χ3v) is 2.42. The van der Waals surface area contributed by atoms with Gasteiger partial charge in [-0.3, -0.25) is 0 Å². The molecule has 16 heavy (non-hydrogen) atoms. The van der Waals surface area contributed by atoms with Gasteiger partial charge in [0.05, 0.1) is 17.1 Å². The number of phenols is 1. The lowest BCUT2D eigenvalue weighted by atomic mass is 10.2. The summed E-state index contributed by atoms with van der Waals surface area (Å²) < 4.78 is 0. The van der Waals surface area contributed by atoms with E-state index in [1.54, 1.807) is 36.5 Å². The SMILES string of the molecule is Nc1c(Nc2ccccc2O)ccnc1Cl. The van der Waals surface area contributed by atoms with Crippen molar-refractivity contribution < 1.29 is 5.11 Å². The van der Waals surface area contributed by atoms with Crippen LogP contribution in [-0.4, -0.2) is 10.1 Å². The second kappa shape index (κ2) is 4.28. The van der Waals surface area contributed by atoms with Crippen molar-refractivity contribution in [3.63, 3.8) is 0 Å². The minimum atomic E-state index is 0.148. The molecule has 2 rings (SSSR count). The zero-order valence-electron chi connectivity index (χ0n) is 8.31. The van der Waals surface area contributed by atoms with Gasteiger partial charge in [-0.05, 0) is 18.2 Å². The van der Waals surface area contributed by atoms with Crippen molar-refractivity contribution in [3.05, 3.63) is 41.7 Å². The predicted molar refractivity (Wildman–Crippen MR) is 65.0 cm³/mol. The van der Waals surface area contributed by atoms with Gasteiger partial charge in [0.25, 0.3) is 0 Å². The van der Waals surface area contributed by atoms with Crippen molar-refractivity contribution in [2.45, 2.75) is 0 Å². The van der Waals surface area contributed by atoms with Gasteiger partial charge in [-0.1, -0.05) is 23.7 Å². The van der Waals surface area contributed by atoms with Gasteiger partial charge in [-0.25, -0.2) is 4.98 Å². The minimum Gasteiger partial charge on any atom is -0.506 e. The molecule has 0 spiro atoms. The van der Waals surface area contributed by atoms with E-state index in [0.717, 1.165) is 0 Å². The Balaban J connectivity index is 2.35. The number of aromatic nitrogens is 1. The molecule has 1 aromatic heterocycles. The number of phenolic OH excluding ortho intramolecular Hbond substituents is 1. The Morgan fingerprint density at radius 2 is 1.94 bits per heavy atom. The molecule has 0 bridgehead atoms. The van der Waals surface area contributed by atoms with Crippen LogP contribution in [0.2, 0.25) is 5.15 Å². The van der Waals surface area contributed by atoms with Gasteiger partial charge >= 0.3 is 0 Å². The average molecular weight is 236 g/mol. The fourth-order valence-corrected chi connectivity index (χ4v) is 1.44. The van der Waals surface area contributed by atoms with Crippen molar-refractivity contribution >= 4 is 28.7 Å². The molecule has 0 saturated heterocycles. The standard InChI is InChI=1S/C11H10ClN3O/c12-11-10(13)8(5-6-14-11)15-7-3-1-2-4-9(7)16/h1-6,16H,13H2,(H,14,15). The molecule has 1 heterocycles. The van der Waals surface area contributed by atoms with E-state index in [2.05, 4.69) is 10.3 Å². The van der Waals surface area contributed by atoms with Crippen molar-refractivity contribution in [1.82, 2.24) is 4.98 Å². The molecular weight excluding hydrogens is 226 g/mol. The predicted octanol–water partition coefficient (Wildman–Crippen LogP) is 2.77. The van der Waals surface area contributed by atoms with Gasteiger partial charge in [0.15, 0.2) is 5.15 Å². The van der Waals surface area contributed by atoms with E-state index in [-0.39, 0.29) is 10.9 Å². The zero-order valence-corrected chi connectivity index (χ0v) is 9.07. The number of anilines is 3. The molecule has 5 heteroatoms. The van der Waals surface area contributed by atoms with Crippen LogP contribution >= 0.6 is 11.6 Å². The molecule has 4 nitrogen and oxygen atoms in total. The highest BCUT2D eigenvalue weighted by Gasteiger charge is 2.06. The number of aromatic hydroxyl groups is 1. The maximum Gasteiger partial charge on any atom is 0.154 e. The third kappa shape index (κ3) is 2.01. The number of hydrogen-bond donors (Lipinski definition) is 3. The van der Waals surface area contributed by atoms with Crippen LogP contribution in [0, 0.1) is 0 Å². The maximum absolute atomic E-state index is 9.58. The highest BCUT2D eigenvalue weighted by Crippen LogP contribution is 2.31. The summed E-state index contributed by atoms with van der Waals surface area (Å²) in [4.78, 5) is 3.84. The Morgan fingerprint density at radius 1 is 1.19 bits per heavy atom. The molecule has 0 amide bonds. The van der Waals surface area contributed by atoms with Gasteiger partial charge in [-0.15, -0.1) is 0 Å². The smallest absolute Gasteiger partial charge is 0.154 e. The molecule has 0 aliphatic rings. The van der Waals surface area contributed by atoms with E-state index < -0.39 is 0 Å². The lowest BCUT2D eigenvalue weighted by Crippen LogP contribution is -1.98. The Hall–Kier alpha value is -1.94. The van der Waals surface area contributed by atoms with Crippen LogP contribution in [0.3, 0.4) is 0 Å². The summed E-state index contributed by atoms with van der Waals surface area (Å²) in [6.07, 6.45) is 1.54. The second-order valence-corrected chi connectivity index (χ2v) is 3.56. The van der Waals surface area contributed by atoms with E-state index in [1.165, 1.54) is 0 Å².